The van der Waals surface area contributed by atoms with Crippen LogP contribution >= 0.6 is 22.6 Å². The molecule has 0 saturated heterocycles. The van der Waals surface area contributed by atoms with Gasteiger partial charge in [0.25, 0.3) is 0 Å². The van der Waals surface area contributed by atoms with Crippen LogP contribution in [0.25, 0.3) is 0 Å². The van der Waals surface area contributed by atoms with Gasteiger partial charge in [-0.2, -0.15) is 0 Å². The zero-order chi connectivity index (χ0) is 12.7. The molecule has 0 aliphatic rings. The van der Waals surface area contributed by atoms with Gasteiger partial charge in [0.2, 0.25) is 0 Å². The molecule has 1 aromatic carbocycles. The largest absolute Gasteiger partial charge is 0.377 e. The summed E-state index contributed by atoms with van der Waals surface area (Å²) in [4.78, 5) is 0. The normalized spacial score (nSPS) is 13.0. The van der Waals surface area contributed by atoms with Gasteiger partial charge in [-0.25, -0.2) is 0 Å². The maximum atomic E-state index is 5.74. The van der Waals surface area contributed by atoms with Crippen molar-refractivity contribution < 1.29 is 4.74 Å². The maximum Gasteiger partial charge on any atom is 0.0665 e. The number of nitrogens with one attached hydrogen (secondary N) is 1. The average molecular weight is 347 g/mol. The number of hydrogen-bond donors (Lipinski definition) is 1. The molecular formula is C14H22INO. The first-order valence-electron chi connectivity index (χ1n) is 6.24. The number of rotatable bonds is 7. The van der Waals surface area contributed by atoms with Crippen molar-refractivity contribution in [1.82, 2.24) is 5.32 Å². The Labute approximate surface area is 118 Å². The SMILES string of the molecule is CCCNC(COC(C)C)c1ccccc1I. The Morgan fingerprint density at radius 3 is 2.59 bits per heavy atom. The van der Waals surface area contributed by atoms with Gasteiger partial charge < -0.3 is 10.1 Å². The van der Waals surface area contributed by atoms with Crippen LogP contribution in [0, 0.1) is 3.57 Å². The molecule has 0 spiro atoms. The minimum absolute atomic E-state index is 0.280. The summed E-state index contributed by atoms with van der Waals surface area (Å²) in [5, 5.41) is 3.55. The summed E-state index contributed by atoms with van der Waals surface area (Å²) in [6, 6.07) is 8.79. The molecule has 0 fully saturated rings. The molecule has 0 aliphatic heterocycles. The quantitative estimate of drug-likeness (QED) is 0.759. The number of hydrogen-bond acceptors (Lipinski definition) is 2. The highest BCUT2D eigenvalue weighted by Crippen LogP contribution is 2.20. The molecule has 0 heterocycles. The minimum atomic E-state index is 0.280. The van der Waals surface area contributed by atoms with Crippen LogP contribution in [0.2, 0.25) is 0 Å². The summed E-state index contributed by atoms with van der Waals surface area (Å²) in [5.74, 6) is 0. The molecule has 0 aliphatic carbocycles. The molecule has 1 atom stereocenters. The van der Waals surface area contributed by atoms with Crippen LogP contribution < -0.4 is 5.32 Å². The molecule has 96 valence electrons. The Morgan fingerprint density at radius 2 is 2.00 bits per heavy atom. The van der Waals surface area contributed by atoms with Gasteiger partial charge in [-0.05, 0) is 61.0 Å². The summed E-state index contributed by atoms with van der Waals surface area (Å²) >= 11 is 2.39. The molecule has 1 aromatic rings. The highest BCUT2D eigenvalue weighted by Gasteiger charge is 2.14. The van der Waals surface area contributed by atoms with Crippen molar-refractivity contribution in [2.75, 3.05) is 13.2 Å². The second kappa shape index (κ2) is 8.06. The highest BCUT2D eigenvalue weighted by atomic mass is 127. The lowest BCUT2D eigenvalue weighted by Crippen LogP contribution is -2.28. The van der Waals surface area contributed by atoms with Crippen LogP contribution in [0.15, 0.2) is 24.3 Å². The van der Waals surface area contributed by atoms with Crippen LogP contribution in [0.4, 0.5) is 0 Å². The number of halogens is 1. The van der Waals surface area contributed by atoms with E-state index < -0.39 is 0 Å². The van der Waals surface area contributed by atoms with E-state index in [0.717, 1.165) is 19.6 Å². The van der Waals surface area contributed by atoms with Crippen molar-refractivity contribution in [1.29, 1.82) is 0 Å². The molecule has 0 saturated carbocycles. The van der Waals surface area contributed by atoms with Gasteiger partial charge in [-0.15, -0.1) is 0 Å². The van der Waals surface area contributed by atoms with Gasteiger partial charge in [-0.3, -0.25) is 0 Å². The van der Waals surface area contributed by atoms with E-state index >= 15 is 0 Å². The zero-order valence-corrected chi connectivity index (χ0v) is 13.0. The van der Waals surface area contributed by atoms with Crippen LogP contribution in [0.3, 0.4) is 0 Å². The molecule has 0 bridgehead atoms. The molecule has 1 unspecified atom stereocenters. The van der Waals surface area contributed by atoms with E-state index in [-0.39, 0.29) is 6.10 Å². The van der Waals surface area contributed by atoms with Crippen LogP contribution in [-0.2, 0) is 4.74 Å². The maximum absolute atomic E-state index is 5.74. The summed E-state index contributed by atoms with van der Waals surface area (Å²) in [6.07, 6.45) is 1.42. The van der Waals surface area contributed by atoms with E-state index in [1.807, 2.05) is 0 Å². The molecule has 0 radical (unpaired) electrons. The smallest absolute Gasteiger partial charge is 0.0665 e. The predicted octanol–water partition coefficient (Wildman–Crippen LogP) is 3.76. The van der Waals surface area contributed by atoms with Crippen molar-refractivity contribution in [2.24, 2.45) is 0 Å². The second-order valence-corrected chi connectivity index (χ2v) is 5.57. The van der Waals surface area contributed by atoms with E-state index in [2.05, 4.69) is 72.9 Å². The average Bonchev–Trinajstić information content (AvgIpc) is 2.30. The highest BCUT2D eigenvalue weighted by molar-refractivity contribution is 14.1. The van der Waals surface area contributed by atoms with Crippen molar-refractivity contribution >= 4 is 22.6 Å². The standard InChI is InChI=1S/C14H22INO/c1-4-9-16-14(10-17-11(2)3)12-7-5-6-8-13(12)15/h5-8,11,14,16H,4,9-10H2,1-3H3. The van der Waals surface area contributed by atoms with Crippen LogP contribution in [-0.4, -0.2) is 19.3 Å². The minimum Gasteiger partial charge on any atom is -0.377 e. The van der Waals surface area contributed by atoms with Gasteiger partial charge in [0.15, 0.2) is 0 Å². The Morgan fingerprint density at radius 1 is 1.29 bits per heavy atom. The van der Waals surface area contributed by atoms with Crippen molar-refractivity contribution in [3.05, 3.63) is 33.4 Å². The summed E-state index contributed by atoms with van der Waals surface area (Å²) in [5.41, 5.74) is 1.34. The molecule has 3 heteroatoms. The summed E-state index contributed by atoms with van der Waals surface area (Å²) in [7, 11) is 0. The van der Waals surface area contributed by atoms with Crippen LogP contribution in [0.5, 0.6) is 0 Å². The Hall–Kier alpha value is -0.130. The molecule has 1 N–H and O–H groups in total. The first-order valence-corrected chi connectivity index (χ1v) is 7.32. The van der Waals surface area contributed by atoms with Gasteiger partial charge in [0.1, 0.15) is 0 Å². The molecule has 1 rings (SSSR count). The molecule has 0 amide bonds. The van der Waals surface area contributed by atoms with E-state index in [4.69, 9.17) is 4.74 Å². The lowest BCUT2D eigenvalue weighted by Gasteiger charge is -2.21. The van der Waals surface area contributed by atoms with Gasteiger partial charge in [0.05, 0.1) is 18.8 Å². The monoisotopic (exact) mass is 347 g/mol. The molecule has 2 nitrogen and oxygen atoms in total. The lowest BCUT2D eigenvalue weighted by atomic mass is 10.1. The molecule has 0 aromatic heterocycles. The fraction of sp³-hybridized carbons (Fsp3) is 0.571. The summed E-state index contributed by atoms with van der Waals surface area (Å²) < 4.78 is 7.04. The fourth-order valence-corrected chi connectivity index (χ4v) is 2.39. The van der Waals surface area contributed by atoms with Crippen LogP contribution in [0.1, 0.15) is 38.8 Å². The number of benzene rings is 1. The Kier molecular flexibility index (Phi) is 7.08. The third kappa shape index (κ3) is 5.36. The second-order valence-electron chi connectivity index (χ2n) is 4.41. The van der Waals surface area contributed by atoms with Crippen molar-refractivity contribution in [3.63, 3.8) is 0 Å². The van der Waals surface area contributed by atoms with Crippen molar-refractivity contribution in [3.8, 4) is 0 Å². The van der Waals surface area contributed by atoms with E-state index in [0.29, 0.717) is 6.04 Å². The Balaban J connectivity index is 2.71. The van der Waals surface area contributed by atoms with Gasteiger partial charge in [-0.1, -0.05) is 25.1 Å². The van der Waals surface area contributed by atoms with E-state index in [1.165, 1.54) is 9.13 Å². The fourth-order valence-electron chi connectivity index (χ4n) is 1.62. The van der Waals surface area contributed by atoms with E-state index in [1.54, 1.807) is 0 Å². The van der Waals surface area contributed by atoms with Gasteiger partial charge >= 0.3 is 0 Å². The van der Waals surface area contributed by atoms with Gasteiger partial charge in [0, 0.05) is 3.57 Å². The predicted molar refractivity (Wildman–Crippen MR) is 81.3 cm³/mol. The molecule has 17 heavy (non-hydrogen) atoms. The summed E-state index contributed by atoms with van der Waals surface area (Å²) in [6.45, 7) is 8.10. The lowest BCUT2D eigenvalue weighted by molar-refractivity contribution is 0.0610. The third-order valence-electron chi connectivity index (χ3n) is 2.52. The van der Waals surface area contributed by atoms with E-state index in [9.17, 15) is 0 Å². The Bertz CT molecular complexity index is 328. The first kappa shape index (κ1) is 14.9. The van der Waals surface area contributed by atoms with Crippen molar-refractivity contribution in [2.45, 2.75) is 39.3 Å². The third-order valence-corrected chi connectivity index (χ3v) is 3.50. The zero-order valence-electron chi connectivity index (χ0n) is 10.9. The number of ether oxygens (including phenoxy) is 1. The molecular weight excluding hydrogens is 325 g/mol. The first-order chi connectivity index (χ1) is 8.15. The topological polar surface area (TPSA) is 21.3 Å².